The molecule has 8 nitrogen and oxygen atoms in total. The summed E-state index contributed by atoms with van der Waals surface area (Å²) in [5, 5.41) is 32.0. The van der Waals surface area contributed by atoms with Crippen LogP contribution in [-0.2, 0) is 23.7 Å². The van der Waals surface area contributed by atoms with Gasteiger partial charge in [-0.2, -0.15) is 0 Å². The Morgan fingerprint density at radius 1 is 0.739 bits per heavy atom. The average Bonchev–Trinajstić information content (AvgIpc) is 3.70. The second kappa shape index (κ2) is 21.1. The summed E-state index contributed by atoms with van der Waals surface area (Å²) in [6, 6.07) is 0. The lowest BCUT2D eigenvalue weighted by Gasteiger charge is -2.23. The second-order valence-electron chi connectivity index (χ2n) is 14.8. The number of carbonyl (C=O) groups is 1. The maximum absolute atomic E-state index is 11.8. The van der Waals surface area contributed by atoms with E-state index in [4.69, 9.17) is 18.9 Å². The molecule has 2 saturated heterocycles. The van der Waals surface area contributed by atoms with Gasteiger partial charge in [-0.1, -0.05) is 90.4 Å². The third-order valence-corrected chi connectivity index (χ3v) is 10.0. The van der Waals surface area contributed by atoms with Crippen molar-refractivity contribution >= 4 is 5.97 Å². The highest BCUT2D eigenvalue weighted by Crippen LogP contribution is 2.35. The third-order valence-electron chi connectivity index (χ3n) is 10.0. The summed E-state index contributed by atoms with van der Waals surface area (Å²) in [5.74, 6) is -0.920. The molecule has 3 N–H and O–H groups in total. The van der Waals surface area contributed by atoms with E-state index in [1.807, 2.05) is 20.8 Å². The zero-order valence-electron chi connectivity index (χ0n) is 29.6. The first-order valence-corrected chi connectivity index (χ1v) is 19.0. The van der Waals surface area contributed by atoms with Crippen molar-refractivity contribution in [3.05, 3.63) is 11.6 Å². The Bertz CT molecular complexity index is 875. The van der Waals surface area contributed by atoms with Crippen molar-refractivity contribution in [2.45, 2.75) is 224 Å². The Kier molecular flexibility index (Phi) is 18.1. The number of ether oxygens (including phenoxy) is 4. The molecule has 0 aliphatic carbocycles. The van der Waals surface area contributed by atoms with Crippen molar-refractivity contribution in [1.29, 1.82) is 0 Å². The van der Waals surface area contributed by atoms with Gasteiger partial charge in [0.15, 0.2) is 5.79 Å². The van der Waals surface area contributed by atoms with Gasteiger partial charge < -0.3 is 34.3 Å². The number of hydrogen-bond donors (Lipinski definition) is 3. The van der Waals surface area contributed by atoms with Crippen LogP contribution in [-0.4, -0.2) is 75.9 Å². The van der Waals surface area contributed by atoms with Crippen LogP contribution in [0.1, 0.15) is 169 Å². The first-order chi connectivity index (χ1) is 22.1. The van der Waals surface area contributed by atoms with Gasteiger partial charge in [0.2, 0.25) is 0 Å². The van der Waals surface area contributed by atoms with E-state index >= 15 is 0 Å². The molecule has 0 aromatic heterocycles. The molecule has 0 aromatic rings. The van der Waals surface area contributed by atoms with Crippen LogP contribution in [0.4, 0.5) is 0 Å². The largest absolute Gasteiger partial charge is 0.455 e. The molecule has 2 fully saturated rings. The van der Waals surface area contributed by atoms with E-state index in [9.17, 15) is 20.1 Å². The summed E-state index contributed by atoms with van der Waals surface area (Å²) >= 11 is 0. The molecule has 0 unspecified atom stereocenters. The van der Waals surface area contributed by atoms with Crippen molar-refractivity contribution in [1.82, 2.24) is 0 Å². The summed E-state index contributed by atoms with van der Waals surface area (Å²) in [7, 11) is 0. The van der Waals surface area contributed by atoms with Gasteiger partial charge in [0.25, 0.3) is 0 Å². The number of unbranched alkanes of at least 4 members (excludes halogenated alkanes) is 11. The zero-order chi connectivity index (χ0) is 33.4. The average molecular weight is 653 g/mol. The molecule has 3 heterocycles. The Hall–Kier alpha value is -1.03. The van der Waals surface area contributed by atoms with Gasteiger partial charge in [0.1, 0.15) is 6.10 Å². The van der Waals surface area contributed by atoms with Crippen LogP contribution in [0.3, 0.4) is 0 Å². The van der Waals surface area contributed by atoms with E-state index in [0.717, 1.165) is 64.2 Å². The molecule has 8 atom stereocenters. The molecule has 0 spiro atoms. The van der Waals surface area contributed by atoms with E-state index in [1.54, 1.807) is 6.08 Å². The highest BCUT2D eigenvalue weighted by Gasteiger charge is 2.41. The lowest BCUT2D eigenvalue weighted by molar-refractivity contribution is -0.147. The van der Waals surface area contributed by atoms with Crippen LogP contribution in [0.2, 0.25) is 0 Å². The maximum atomic E-state index is 11.8. The van der Waals surface area contributed by atoms with Crippen molar-refractivity contribution in [2.24, 2.45) is 0 Å². The number of aliphatic hydroxyl groups excluding tert-OH is 3. The highest BCUT2D eigenvalue weighted by atomic mass is 16.7. The van der Waals surface area contributed by atoms with Crippen molar-refractivity contribution in [3.8, 4) is 0 Å². The van der Waals surface area contributed by atoms with Gasteiger partial charge in [-0.05, 0) is 78.2 Å². The summed E-state index contributed by atoms with van der Waals surface area (Å²) in [6.45, 7) is 8.01. The molecule has 0 aromatic carbocycles. The minimum atomic E-state index is -0.614. The molecular formula is C38H68O8. The maximum Gasteiger partial charge on any atom is 0.334 e. The molecule has 268 valence electrons. The molecular weight excluding hydrogens is 584 g/mol. The topological polar surface area (TPSA) is 115 Å². The monoisotopic (exact) mass is 652 g/mol. The van der Waals surface area contributed by atoms with E-state index < -0.39 is 24.1 Å². The molecule has 0 saturated carbocycles. The van der Waals surface area contributed by atoms with Crippen molar-refractivity contribution in [3.63, 3.8) is 0 Å². The van der Waals surface area contributed by atoms with Crippen LogP contribution in [0, 0.1) is 0 Å². The number of carbonyl (C=O) groups excluding carboxylic acids is 1. The Balaban J connectivity index is 1.24. The Labute approximate surface area is 280 Å². The van der Waals surface area contributed by atoms with Crippen LogP contribution < -0.4 is 0 Å². The normalized spacial score (nSPS) is 27.9. The Morgan fingerprint density at radius 2 is 1.24 bits per heavy atom. The highest BCUT2D eigenvalue weighted by molar-refractivity contribution is 5.90. The number of esters is 1. The summed E-state index contributed by atoms with van der Waals surface area (Å²) < 4.78 is 23.7. The fraction of sp³-hybridized carbons (Fsp3) is 0.921. The minimum absolute atomic E-state index is 0.00442. The molecule has 3 rings (SSSR count). The summed E-state index contributed by atoms with van der Waals surface area (Å²) in [5.41, 5.74) is 0.586. The first-order valence-electron chi connectivity index (χ1n) is 19.0. The quantitative estimate of drug-likeness (QED) is 0.0675. The van der Waals surface area contributed by atoms with Crippen molar-refractivity contribution < 1.29 is 39.1 Å². The van der Waals surface area contributed by atoms with E-state index in [1.165, 1.54) is 57.8 Å². The smallest absolute Gasteiger partial charge is 0.334 e. The van der Waals surface area contributed by atoms with Crippen LogP contribution in [0.15, 0.2) is 11.6 Å². The molecule has 3 aliphatic heterocycles. The first kappa shape index (κ1) is 39.4. The predicted octanol–water partition coefficient (Wildman–Crippen LogP) is 7.83. The standard InChI is InChI=1S/C38H68O8/c1-5-6-7-8-9-10-11-12-13-16-20-31(40)33-24-25-34(44-33)32(41)21-18-23-36-35(45-38(3,4)46-36)22-17-14-15-19-30(39)27-29-26-28(2)43-37(29)42/h26,28,30-36,39-41H,5-25,27H2,1-4H3/t28-,30+,31+,32+,33+,34+,35-,36-/m0/s1. The summed E-state index contributed by atoms with van der Waals surface area (Å²) in [6.07, 6.45) is 22.1. The summed E-state index contributed by atoms with van der Waals surface area (Å²) in [4.78, 5) is 11.8. The molecule has 8 heteroatoms. The van der Waals surface area contributed by atoms with E-state index in [0.29, 0.717) is 24.8 Å². The number of cyclic esters (lactones) is 1. The van der Waals surface area contributed by atoms with Gasteiger partial charge in [-0.15, -0.1) is 0 Å². The number of rotatable bonds is 25. The predicted molar refractivity (Wildman–Crippen MR) is 181 cm³/mol. The van der Waals surface area contributed by atoms with Crippen LogP contribution in [0.25, 0.3) is 0 Å². The van der Waals surface area contributed by atoms with E-state index in [2.05, 4.69) is 6.92 Å². The third kappa shape index (κ3) is 14.6. The van der Waals surface area contributed by atoms with Crippen LogP contribution >= 0.6 is 0 Å². The molecule has 0 bridgehead atoms. The van der Waals surface area contributed by atoms with Gasteiger partial charge in [0.05, 0.1) is 42.7 Å². The number of hydrogen-bond acceptors (Lipinski definition) is 8. The van der Waals surface area contributed by atoms with Gasteiger partial charge >= 0.3 is 5.97 Å². The fourth-order valence-electron chi connectivity index (χ4n) is 7.43. The Morgan fingerprint density at radius 3 is 1.80 bits per heavy atom. The molecule has 46 heavy (non-hydrogen) atoms. The van der Waals surface area contributed by atoms with Crippen molar-refractivity contribution in [2.75, 3.05) is 0 Å². The molecule has 0 amide bonds. The lowest BCUT2D eigenvalue weighted by atomic mass is 9.97. The van der Waals surface area contributed by atoms with E-state index in [-0.39, 0.29) is 36.5 Å². The molecule has 0 radical (unpaired) electrons. The SMILES string of the molecule is CCCCCCCCCCCC[C@@H](O)[C@H]1CC[C@H]([C@H](O)CCC[C@@H]2OC(C)(C)O[C@H]2CCCCC[C@@H](O)CC2=C[C@H](C)OC2=O)O1. The van der Waals surface area contributed by atoms with Gasteiger partial charge in [-0.25, -0.2) is 4.79 Å². The zero-order valence-corrected chi connectivity index (χ0v) is 29.6. The number of aliphatic hydroxyl groups is 3. The lowest BCUT2D eigenvalue weighted by Crippen LogP contribution is -2.31. The van der Waals surface area contributed by atoms with Crippen LogP contribution in [0.5, 0.6) is 0 Å². The molecule has 3 aliphatic rings. The minimum Gasteiger partial charge on any atom is -0.455 e. The fourth-order valence-corrected chi connectivity index (χ4v) is 7.43. The van der Waals surface area contributed by atoms with Gasteiger partial charge in [-0.3, -0.25) is 0 Å². The van der Waals surface area contributed by atoms with Gasteiger partial charge in [0, 0.05) is 12.0 Å². The second-order valence-corrected chi connectivity index (χ2v) is 14.8.